The van der Waals surface area contributed by atoms with Gasteiger partial charge in [0.1, 0.15) is 5.60 Å². The summed E-state index contributed by atoms with van der Waals surface area (Å²) in [5.74, 6) is 0. The highest BCUT2D eigenvalue weighted by atomic mass is 32.2. The first-order chi connectivity index (χ1) is 10.4. The monoisotopic (exact) mass is 328 g/mol. The molecule has 2 N–H and O–H groups in total. The van der Waals surface area contributed by atoms with Gasteiger partial charge in [-0.1, -0.05) is 6.42 Å². The third-order valence-electron chi connectivity index (χ3n) is 4.65. The summed E-state index contributed by atoms with van der Waals surface area (Å²) in [7, 11) is 0. The SMILES string of the molecule is CSC1CCCC1NC1CCC(NC(=O)OC(C)(C)C)CC1. The van der Waals surface area contributed by atoms with Gasteiger partial charge in [-0.05, 0) is 65.6 Å². The fraction of sp³-hybridized carbons (Fsp3) is 0.941. The third kappa shape index (κ3) is 5.65. The quantitative estimate of drug-likeness (QED) is 0.826. The van der Waals surface area contributed by atoms with Gasteiger partial charge in [0.25, 0.3) is 0 Å². The van der Waals surface area contributed by atoms with Gasteiger partial charge in [-0.2, -0.15) is 11.8 Å². The number of carbonyl (C=O) groups is 1. The standard InChI is InChI=1S/C17H32N2O2S/c1-17(2,3)21-16(20)19-13-10-8-12(9-11-13)18-14-6-5-7-15(14)22-4/h12-15,18H,5-11H2,1-4H3,(H,19,20). The zero-order valence-corrected chi connectivity index (χ0v) is 15.3. The van der Waals surface area contributed by atoms with E-state index in [4.69, 9.17) is 4.74 Å². The van der Waals surface area contributed by atoms with Crippen LogP contribution in [0.1, 0.15) is 65.7 Å². The molecular weight excluding hydrogens is 296 g/mol. The molecular formula is C17H32N2O2S. The summed E-state index contributed by atoms with van der Waals surface area (Å²) in [6.07, 6.45) is 10.4. The molecule has 1 amide bonds. The van der Waals surface area contributed by atoms with Crippen LogP contribution in [0.15, 0.2) is 0 Å². The smallest absolute Gasteiger partial charge is 0.407 e. The number of carbonyl (C=O) groups excluding carboxylic acids is 1. The van der Waals surface area contributed by atoms with Crippen molar-refractivity contribution in [3.63, 3.8) is 0 Å². The molecule has 2 saturated carbocycles. The van der Waals surface area contributed by atoms with Gasteiger partial charge in [-0.25, -0.2) is 4.79 Å². The number of rotatable bonds is 4. The summed E-state index contributed by atoms with van der Waals surface area (Å²) < 4.78 is 5.34. The maximum atomic E-state index is 11.8. The van der Waals surface area contributed by atoms with Crippen molar-refractivity contribution < 1.29 is 9.53 Å². The van der Waals surface area contributed by atoms with E-state index in [0.29, 0.717) is 12.1 Å². The lowest BCUT2D eigenvalue weighted by atomic mass is 9.90. The normalized spacial score (nSPS) is 32.7. The van der Waals surface area contributed by atoms with Crippen LogP contribution < -0.4 is 10.6 Å². The summed E-state index contributed by atoms with van der Waals surface area (Å²) in [5, 5.41) is 7.67. The Morgan fingerprint density at radius 3 is 2.27 bits per heavy atom. The Morgan fingerprint density at radius 2 is 1.68 bits per heavy atom. The molecule has 22 heavy (non-hydrogen) atoms. The maximum absolute atomic E-state index is 11.8. The summed E-state index contributed by atoms with van der Waals surface area (Å²) in [4.78, 5) is 11.8. The van der Waals surface area contributed by atoms with Crippen molar-refractivity contribution in [2.45, 2.75) is 94.7 Å². The van der Waals surface area contributed by atoms with Crippen LogP contribution in [0.2, 0.25) is 0 Å². The first kappa shape index (κ1) is 17.9. The highest BCUT2D eigenvalue weighted by Gasteiger charge is 2.30. The number of ether oxygens (including phenoxy) is 1. The first-order valence-electron chi connectivity index (χ1n) is 8.66. The molecule has 0 bridgehead atoms. The largest absolute Gasteiger partial charge is 0.444 e. The Balaban J connectivity index is 1.68. The molecule has 4 nitrogen and oxygen atoms in total. The van der Waals surface area contributed by atoms with Gasteiger partial charge >= 0.3 is 6.09 Å². The number of hydrogen-bond donors (Lipinski definition) is 2. The van der Waals surface area contributed by atoms with Crippen LogP contribution >= 0.6 is 11.8 Å². The van der Waals surface area contributed by atoms with E-state index in [-0.39, 0.29) is 12.1 Å². The predicted molar refractivity (Wildman–Crippen MR) is 93.5 cm³/mol. The second-order valence-electron chi connectivity index (χ2n) is 7.67. The Morgan fingerprint density at radius 1 is 1.05 bits per heavy atom. The average Bonchev–Trinajstić information content (AvgIpc) is 2.86. The Hall–Kier alpha value is -0.420. The molecule has 0 heterocycles. The minimum atomic E-state index is -0.419. The fourth-order valence-electron chi connectivity index (χ4n) is 3.58. The van der Waals surface area contributed by atoms with Gasteiger partial charge in [0.15, 0.2) is 0 Å². The number of thioether (sulfide) groups is 1. The van der Waals surface area contributed by atoms with Crippen molar-refractivity contribution in [2.24, 2.45) is 0 Å². The van der Waals surface area contributed by atoms with Crippen LogP contribution in [0.3, 0.4) is 0 Å². The van der Waals surface area contributed by atoms with Crippen molar-refractivity contribution >= 4 is 17.9 Å². The predicted octanol–water partition coefficient (Wildman–Crippen LogP) is 3.70. The molecule has 2 aliphatic carbocycles. The molecule has 128 valence electrons. The molecule has 2 rings (SSSR count). The molecule has 2 fully saturated rings. The zero-order chi connectivity index (χ0) is 16.2. The lowest BCUT2D eigenvalue weighted by Crippen LogP contribution is -2.47. The van der Waals surface area contributed by atoms with Crippen molar-refractivity contribution in [2.75, 3.05) is 6.26 Å². The fourth-order valence-corrected chi connectivity index (χ4v) is 4.53. The van der Waals surface area contributed by atoms with Crippen LogP contribution in [0, 0.1) is 0 Å². The zero-order valence-electron chi connectivity index (χ0n) is 14.5. The van der Waals surface area contributed by atoms with E-state index in [0.717, 1.165) is 30.9 Å². The Labute approximate surface area is 139 Å². The van der Waals surface area contributed by atoms with Gasteiger partial charge < -0.3 is 15.4 Å². The number of nitrogens with one attached hydrogen (secondary N) is 2. The Kier molecular flexibility index (Phi) is 6.45. The molecule has 0 aromatic carbocycles. The number of amides is 1. The van der Waals surface area contributed by atoms with Gasteiger partial charge in [0.05, 0.1) is 0 Å². The lowest BCUT2D eigenvalue weighted by Gasteiger charge is -2.33. The molecule has 0 radical (unpaired) electrons. The topological polar surface area (TPSA) is 50.4 Å². The third-order valence-corrected chi connectivity index (χ3v) is 5.82. The maximum Gasteiger partial charge on any atom is 0.407 e. The minimum Gasteiger partial charge on any atom is -0.444 e. The summed E-state index contributed by atoms with van der Waals surface area (Å²) in [6, 6.07) is 1.58. The summed E-state index contributed by atoms with van der Waals surface area (Å²) in [5.41, 5.74) is -0.419. The lowest BCUT2D eigenvalue weighted by molar-refractivity contribution is 0.0489. The molecule has 2 unspecified atom stereocenters. The number of hydrogen-bond acceptors (Lipinski definition) is 4. The van der Waals surface area contributed by atoms with Crippen molar-refractivity contribution in [3.05, 3.63) is 0 Å². The average molecular weight is 329 g/mol. The molecule has 0 aromatic rings. The number of alkyl carbamates (subject to hydrolysis) is 1. The second-order valence-corrected chi connectivity index (χ2v) is 8.75. The van der Waals surface area contributed by atoms with E-state index >= 15 is 0 Å². The van der Waals surface area contributed by atoms with E-state index in [2.05, 4.69) is 16.9 Å². The second kappa shape index (κ2) is 7.91. The molecule has 5 heteroatoms. The van der Waals surface area contributed by atoms with Gasteiger partial charge in [0.2, 0.25) is 0 Å². The van der Waals surface area contributed by atoms with Gasteiger partial charge in [-0.3, -0.25) is 0 Å². The molecule has 2 atom stereocenters. The molecule has 0 aliphatic heterocycles. The van der Waals surface area contributed by atoms with Crippen LogP contribution in [0.4, 0.5) is 4.79 Å². The minimum absolute atomic E-state index is 0.271. The molecule has 0 spiro atoms. The van der Waals surface area contributed by atoms with E-state index in [1.807, 2.05) is 32.5 Å². The van der Waals surface area contributed by atoms with E-state index in [1.165, 1.54) is 19.3 Å². The summed E-state index contributed by atoms with van der Waals surface area (Å²) in [6.45, 7) is 5.70. The first-order valence-corrected chi connectivity index (χ1v) is 9.94. The highest BCUT2D eigenvalue weighted by molar-refractivity contribution is 7.99. The van der Waals surface area contributed by atoms with Crippen molar-refractivity contribution in [1.82, 2.24) is 10.6 Å². The van der Waals surface area contributed by atoms with Crippen molar-refractivity contribution in [3.8, 4) is 0 Å². The summed E-state index contributed by atoms with van der Waals surface area (Å²) >= 11 is 2.01. The van der Waals surface area contributed by atoms with E-state index < -0.39 is 5.60 Å². The van der Waals surface area contributed by atoms with Crippen molar-refractivity contribution in [1.29, 1.82) is 0 Å². The van der Waals surface area contributed by atoms with E-state index in [9.17, 15) is 4.79 Å². The molecule has 2 aliphatic rings. The van der Waals surface area contributed by atoms with Crippen LogP contribution in [0.25, 0.3) is 0 Å². The highest BCUT2D eigenvalue weighted by Crippen LogP contribution is 2.30. The Bertz CT molecular complexity index is 362. The van der Waals surface area contributed by atoms with Gasteiger partial charge in [-0.15, -0.1) is 0 Å². The van der Waals surface area contributed by atoms with Crippen LogP contribution in [-0.4, -0.2) is 41.3 Å². The van der Waals surface area contributed by atoms with Gasteiger partial charge in [0, 0.05) is 23.4 Å². The molecule has 0 aromatic heterocycles. The van der Waals surface area contributed by atoms with E-state index in [1.54, 1.807) is 0 Å². The molecule has 0 saturated heterocycles. The van der Waals surface area contributed by atoms with Crippen LogP contribution in [-0.2, 0) is 4.74 Å². The van der Waals surface area contributed by atoms with Crippen LogP contribution in [0.5, 0.6) is 0 Å².